The first-order chi connectivity index (χ1) is 14.0. The molecule has 0 atom stereocenters. The van der Waals surface area contributed by atoms with Crippen molar-refractivity contribution in [3.05, 3.63) is 47.9 Å². The van der Waals surface area contributed by atoms with Crippen LogP contribution in [0.15, 0.2) is 46.1 Å². The first-order valence-electron chi connectivity index (χ1n) is 9.33. The SMILES string of the molecule is CN=C(NCCOc1ccc(C(F)(F)F)cc1)N1CCN(Cc2ccon2)CC1. The Hall–Kier alpha value is -2.75. The topological polar surface area (TPSA) is 66.1 Å². The lowest BCUT2D eigenvalue weighted by atomic mass is 10.2. The van der Waals surface area contributed by atoms with Gasteiger partial charge in [0, 0.05) is 45.8 Å². The standard InChI is InChI=1S/C19H24F3N5O2/c1-23-18(27-10-8-26(9-11-27)14-16-6-12-29-25-16)24-7-13-28-17-4-2-15(3-5-17)19(20,21)22/h2-6,12H,7-11,13-14H2,1H3,(H,23,24). The van der Waals surface area contributed by atoms with Crippen molar-refractivity contribution >= 4 is 5.96 Å². The van der Waals surface area contributed by atoms with Crippen molar-refractivity contribution in [2.75, 3.05) is 46.4 Å². The molecule has 0 saturated carbocycles. The first kappa shape index (κ1) is 21.0. The monoisotopic (exact) mass is 411 g/mol. The lowest BCUT2D eigenvalue weighted by Gasteiger charge is -2.36. The number of halogens is 3. The zero-order valence-electron chi connectivity index (χ0n) is 16.2. The third-order valence-electron chi connectivity index (χ3n) is 4.60. The average molecular weight is 411 g/mol. The normalized spacial score (nSPS) is 16.1. The fraction of sp³-hybridized carbons (Fsp3) is 0.474. The van der Waals surface area contributed by atoms with Gasteiger partial charge < -0.3 is 19.5 Å². The van der Waals surface area contributed by atoms with E-state index in [2.05, 4.69) is 25.3 Å². The van der Waals surface area contributed by atoms with Gasteiger partial charge in [-0.05, 0) is 24.3 Å². The molecule has 1 saturated heterocycles. The number of piperazine rings is 1. The van der Waals surface area contributed by atoms with E-state index in [-0.39, 0.29) is 0 Å². The van der Waals surface area contributed by atoms with Gasteiger partial charge in [0.05, 0.1) is 17.8 Å². The Labute approximate surface area is 167 Å². The van der Waals surface area contributed by atoms with Crippen LogP contribution in [0.25, 0.3) is 0 Å². The van der Waals surface area contributed by atoms with Crippen molar-refractivity contribution in [2.24, 2.45) is 4.99 Å². The molecule has 2 aromatic rings. The molecular formula is C19H24F3N5O2. The van der Waals surface area contributed by atoms with Crippen LogP contribution < -0.4 is 10.1 Å². The molecule has 10 heteroatoms. The molecule has 0 unspecified atom stereocenters. The Morgan fingerprint density at radius 3 is 2.48 bits per heavy atom. The van der Waals surface area contributed by atoms with Crippen LogP contribution in [0.4, 0.5) is 13.2 Å². The number of rotatable bonds is 6. The number of nitrogens with one attached hydrogen (secondary N) is 1. The van der Waals surface area contributed by atoms with E-state index < -0.39 is 11.7 Å². The molecule has 0 aliphatic carbocycles. The molecule has 0 spiro atoms. The highest BCUT2D eigenvalue weighted by atomic mass is 19.4. The van der Waals surface area contributed by atoms with E-state index in [1.54, 1.807) is 13.3 Å². The van der Waals surface area contributed by atoms with Crippen LogP contribution in [0.1, 0.15) is 11.3 Å². The van der Waals surface area contributed by atoms with Gasteiger partial charge in [-0.3, -0.25) is 9.89 Å². The van der Waals surface area contributed by atoms with Crippen molar-refractivity contribution in [1.82, 2.24) is 20.3 Å². The molecule has 1 aliphatic rings. The largest absolute Gasteiger partial charge is 0.492 e. The Balaban J connectivity index is 1.37. The first-order valence-corrected chi connectivity index (χ1v) is 9.33. The second kappa shape index (κ2) is 9.64. The highest BCUT2D eigenvalue weighted by Crippen LogP contribution is 2.30. The number of nitrogens with zero attached hydrogens (tertiary/aromatic N) is 4. The predicted octanol–water partition coefficient (Wildman–Crippen LogP) is 2.47. The highest BCUT2D eigenvalue weighted by molar-refractivity contribution is 5.80. The van der Waals surface area contributed by atoms with Crippen molar-refractivity contribution in [3.8, 4) is 5.75 Å². The van der Waals surface area contributed by atoms with E-state index in [1.165, 1.54) is 12.1 Å². The van der Waals surface area contributed by atoms with Crippen LogP contribution in [0, 0.1) is 0 Å². The van der Waals surface area contributed by atoms with Crippen LogP contribution >= 0.6 is 0 Å². The third-order valence-corrected chi connectivity index (χ3v) is 4.60. The summed E-state index contributed by atoms with van der Waals surface area (Å²) >= 11 is 0. The Kier molecular flexibility index (Phi) is 6.97. The number of hydrogen-bond acceptors (Lipinski definition) is 5. The highest BCUT2D eigenvalue weighted by Gasteiger charge is 2.30. The van der Waals surface area contributed by atoms with Crippen molar-refractivity contribution in [2.45, 2.75) is 12.7 Å². The Morgan fingerprint density at radius 1 is 1.17 bits per heavy atom. The number of guanidine groups is 1. The summed E-state index contributed by atoms with van der Waals surface area (Å²) in [5.41, 5.74) is 0.229. The minimum Gasteiger partial charge on any atom is -0.492 e. The third kappa shape index (κ3) is 6.11. The average Bonchev–Trinajstić information content (AvgIpc) is 3.22. The number of benzene rings is 1. The second-order valence-corrected chi connectivity index (χ2v) is 6.60. The molecule has 7 nitrogen and oxygen atoms in total. The van der Waals surface area contributed by atoms with Gasteiger partial charge in [0.25, 0.3) is 0 Å². The maximum Gasteiger partial charge on any atom is 0.416 e. The van der Waals surface area contributed by atoms with E-state index >= 15 is 0 Å². The van der Waals surface area contributed by atoms with E-state index in [4.69, 9.17) is 9.26 Å². The fourth-order valence-electron chi connectivity index (χ4n) is 3.07. The van der Waals surface area contributed by atoms with Gasteiger partial charge in [0.2, 0.25) is 0 Å². The van der Waals surface area contributed by atoms with E-state index in [0.29, 0.717) is 18.9 Å². The van der Waals surface area contributed by atoms with Gasteiger partial charge >= 0.3 is 6.18 Å². The lowest BCUT2D eigenvalue weighted by Crippen LogP contribution is -2.52. The Bertz CT molecular complexity index is 770. The number of alkyl halides is 3. The van der Waals surface area contributed by atoms with Crippen LogP contribution in [-0.4, -0.2) is 67.3 Å². The number of aromatic nitrogens is 1. The van der Waals surface area contributed by atoms with Gasteiger partial charge in [-0.25, -0.2) is 0 Å². The summed E-state index contributed by atoms with van der Waals surface area (Å²) in [5, 5.41) is 7.17. The maximum absolute atomic E-state index is 12.6. The zero-order chi connectivity index (χ0) is 20.7. The zero-order valence-corrected chi connectivity index (χ0v) is 16.2. The van der Waals surface area contributed by atoms with Crippen LogP contribution in [0.2, 0.25) is 0 Å². The van der Waals surface area contributed by atoms with E-state index in [0.717, 1.165) is 56.5 Å². The van der Waals surface area contributed by atoms with Crippen LogP contribution in [-0.2, 0) is 12.7 Å². The summed E-state index contributed by atoms with van der Waals surface area (Å²) in [6, 6.07) is 6.54. The minimum atomic E-state index is -4.34. The van der Waals surface area contributed by atoms with Gasteiger partial charge in [0.1, 0.15) is 18.6 Å². The molecule has 0 amide bonds. The predicted molar refractivity (Wildman–Crippen MR) is 102 cm³/mol. The van der Waals surface area contributed by atoms with Gasteiger partial charge in [-0.2, -0.15) is 13.2 Å². The van der Waals surface area contributed by atoms with E-state index in [9.17, 15) is 13.2 Å². The molecule has 2 heterocycles. The maximum atomic E-state index is 12.6. The molecule has 1 aromatic heterocycles. The summed E-state index contributed by atoms with van der Waals surface area (Å²) in [7, 11) is 1.72. The summed E-state index contributed by atoms with van der Waals surface area (Å²) < 4.78 is 48.1. The van der Waals surface area contributed by atoms with Gasteiger partial charge in [-0.15, -0.1) is 0 Å². The number of aliphatic imine (C=N–C) groups is 1. The van der Waals surface area contributed by atoms with Crippen molar-refractivity contribution in [3.63, 3.8) is 0 Å². The molecule has 29 heavy (non-hydrogen) atoms. The van der Waals surface area contributed by atoms with Gasteiger partial charge in [0.15, 0.2) is 5.96 Å². The summed E-state index contributed by atoms with van der Waals surface area (Å²) in [6.45, 7) is 5.00. The molecule has 1 aromatic carbocycles. The van der Waals surface area contributed by atoms with E-state index in [1.807, 2.05) is 6.07 Å². The molecule has 1 N–H and O–H groups in total. The molecular weight excluding hydrogens is 387 g/mol. The molecule has 1 fully saturated rings. The minimum absolute atomic E-state index is 0.316. The molecule has 0 radical (unpaired) electrons. The molecule has 0 bridgehead atoms. The Morgan fingerprint density at radius 2 is 1.90 bits per heavy atom. The quantitative estimate of drug-likeness (QED) is 0.448. The fourth-order valence-corrected chi connectivity index (χ4v) is 3.07. The molecule has 3 rings (SSSR count). The lowest BCUT2D eigenvalue weighted by molar-refractivity contribution is -0.137. The number of hydrogen-bond donors (Lipinski definition) is 1. The summed E-state index contributed by atoms with van der Waals surface area (Å²) in [6.07, 6.45) is -2.77. The van der Waals surface area contributed by atoms with Crippen molar-refractivity contribution < 1.29 is 22.4 Å². The number of ether oxygens (including phenoxy) is 1. The molecule has 158 valence electrons. The second-order valence-electron chi connectivity index (χ2n) is 6.60. The summed E-state index contributed by atoms with van der Waals surface area (Å²) in [5.74, 6) is 1.18. The smallest absolute Gasteiger partial charge is 0.416 e. The van der Waals surface area contributed by atoms with Crippen molar-refractivity contribution in [1.29, 1.82) is 0 Å². The van der Waals surface area contributed by atoms with Gasteiger partial charge in [-0.1, -0.05) is 5.16 Å². The molecule has 1 aliphatic heterocycles. The van der Waals surface area contributed by atoms with Crippen LogP contribution in [0.3, 0.4) is 0 Å². The summed E-state index contributed by atoms with van der Waals surface area (Å²) in [4.78, 5) is 8.77. The van der Waals surface area contributed by atoms with Crippen LogP contribution in [0.5, 0.6) is 5.75 Å².